The normalized spacial score (nSPS) is 22.2. The van der Waals surface area contributed by atoms with Gasteiger partial charge in [-0.2, -0.15) is 0 Å². The number of anilines is 2. The molecule has 1 aliphatic rings. The summed E-state index contributed by atoms with van der Waals surface area (Å²) in [5.41, 5.74) is 8.06. The highest BCUT2D eigenvalue weighted by atomic mass is 16.6. The maximum atomic E-state index is 12.0. The topological polar surface area (TPSA) is 94.0 Å². The van der Waals surface area contributed by atoms with E-state index >= 15 is 0 Å². The average molecular weight is 286 g/mol. The van der Waals surface area contributed by atoms with E-state index in [2.05, 4.69) is 51.4 Å². The lowest BCUT2D eigenvalue weighted by molar-refractivity contribution is -0.120. The van der Waals surface area contributed by atoms with Crippen LogP contribution >= 0.6 is 0 Å². The molecule has 3 rings (SSSR count). The van der Waals surface area contributed by atoms with E-state index in [1.807, 2.05) is 0 Å². The van der Waals surface area contributed by atoms with Crippen LogP contribution in [0.5, 0.6) is 0 Å². The van der Waals surface area contributed by atoms with Crippen molar-refractivity contribution in [1.82, 2.24) is 10.3 Å². The molecule has 1 aromatic carbocycles. The third-order valence-electron chi connectivity index (χ3n) is 3.92. The summed E-state index contributed by atoms with van der Waals surface area (Å²) in [6.45, 7) is 2.06. The van der Waals surface area contributed by atoms with E-state index in [1.54, 1.807) is 0 Å². The summed E-state index contributed by atoms with van der Waals surface area (Å²) < 4.78 is 4.57. The minimum absolute atomic E-state index is 0.00625. The second-order valence-corrected chi connectivity index (χ2v) is 5.63. The van der Waals surface area contributed by atoms with Gasteiger partial charge in [0.2, 0.25) is 11.6 Å². The van der Waals surface area contributed by atoms with E-state index in [9.17, 15) is 4.79 Å². The zero-order valence-corrected chi connectivity index (χ0v) is 11.9. The Morgan fingerprint density at radius 2 is 2.00 bits per heavy atom. The molecule has 1 fully saturated rings. The molecule has 1 heterocycles. The number of nitrogens with one attached hydrogen (secondary N) is 1. The van der Waals surface area contributed by atoms with Crippen LogP contribution in [0.4, 0.5) is 11.6 Å². The molecular formula is C15H18N4O2. The molecule has 0 bridgehead atoms. The number of rotatable bonds is 3. The smallest absolute Gasteiger partial charge is 0.215 e. The number of benzene rings is 1. The Morgan fingerprint density at radius 1 is 1.24 bits per heavy atom. The Bertz CT molecular complexity index is 635. The average Bonchev–Trinajstić information content (AvgIpc) is 2.84. The summed E-state index contributed by atoms with van der Waals surface area (Å²) >= 11 is 0. The van der Waals surface area contributed by atoms with Crippen LogP contribution in [-0.2, 0) is 4.79 Å². The van der Waals surface area contributed by atoms with Gasteiger partial charge in [0, 0.05) is 18.9 Å². The van der Waals surface area contributed by atoms with Crippen molar-refractivity contribution >= 4 is 17.4 Å². The first-order valence-electron chi connectivity index (χ1n) is 7.04. The molecule has 6 heteroatoms. The van der Waals surface area contributed by atoms with Crippen molar-refractivity contribution in [3.05, 3.63) is 35.4 Å². The highest BCUT2D eigenvalue weighted by Crippen LogP contribution is 2.33. The second-order valence-electron chi connectivity index (χ2n) is 5.63. The highest BCUT2D eigenvalue weighted by molar-refractivity contribution is 5.81. The molecule has 0 spiro atoms. The first-order chi connectivity index (χ1) is 10.1. The number of aromatic nitrogens is 2. The van der Waals surface area contributed by atoms with Crippen LogP contribution in [0.15, 0.2) is 28.9 Å². The van der Waals surface area contributed by atoms with Gasteiger partial charge in [-0.25, -0.2) is 4.63 Å². The largest absolute Gasteiger partial charge is 0.378 e. The Morgan fingerprint density at radius 3 is 2.67 bits per heavy atom. The van der Waals surface area contributed by atoms with Gasteiger partial charge in [0.05, 0.1) is 0 Å². The molecule has 0 radical (unpaired) electrons. The predicted octanol–water partition coefficient (Wildman–Crippen LogP) is 2.28. The number of hydrogen-bond donors (Lipinski definition) is 2. The summed E-state index contributed by atoms with van der Waals surface area (Å²) in [5, 5.41) is 10.4. The van der Waals surface area contributed by atoms with E-state index in [1.165, 1.54) is 11.1 Å². The molecule has 0 saturated heterocycles. The van der Waals surface area contributed by atoms with Gasteiger partial charge in [0.15, 0.2) is 0 Å². The fourth-order valence-electron chi connectivity index (χ4n) is 2.83. The van der Waals surface area contributed by atoms with Crippen molar-refractivity contribution in [1.29, 1.82) is 0 Å². The van der Waals surface area contributed by atoms with Crippen LogP contribution in [0.25, 0.3) is 0 Å². The summed E-state index contributed by atoms with van der Waals surface area (Å²) in [7, 11) is 0. The van der Waals surface area contributed by atoms with Gasteiger partial charge in [0.1, 0.15) is 5.78 Å². The third kappa shape index (κ3) is 3.04. The second kappa shape index (κ2) is 5.55. The Kier molecular flexibility index (Phi) is 3.60. The first-order valence-corrected chi connectivity index (χ1v) is 7.04. The van der Waals surface area contributed by atoms with E-state index in [-0.39, 0.29) is 23.6 Å². The van der Waals surface area contributed by atoms with Crippen LogP contribution in [0.1, 0.15) is 36.3 Å². The molecule has 1 saturated carbocycles. The Hall–Kier alpha value is -2.37. The van der Waals surface area contributed by atoms with Crippen molar-refractivity contribution in [3.8, 4) is 0 Å². The maximum absolute atomic E-state index is 12.0. The quantitative estimate of drug-likeness (QED) is 0.899. The molecule has 1 aliphatic carbocycles. The number of hydrogen-bond acceptors (Lipinski definition) is 6. The lowest BCUT2D eigenvalue weighted by atomic mass is 9.80. The molecule has 21 heavy (non-hydrogen) atoms. The van der Waals surface area contributed by atoms with Gasteiger partial charge in [0.25, 0.3) is 0 Å². The van der Waals surface area contributed by atoms with Gasteiger partial charge < -0.3 is 11.1 Å². The summed E-state index contributed by atoms with van der Waals surface area (Å²) in [4.78, 5) is 12.0. The molecule has 2 aromatic rings. The molecule has 3 N–H and O–H groups in total. The molecule has 1 aromatic heterocycles. The van der Waals surface area contributed by atoms with Gasteiger partial charge in [-0.3, -0.25) is 4.79 Å². The standard InChI is InChI=1S/C15H18N4O2/c1-9-2-4-10(5-3-9)11-6-12(8-13(20)7-11)17-15-14(16)18-21-19-15/h2-5,11-12H,6-8H2,1H3,(H2,16,18)(H,17,19)/t11-,12+/m1/s1. The van der Waals surface area contributed by atoms with E-state index in [0.717, 1.165) is 6.42 Å². The van der Waals surface area contributed by atoms with E-state index in [4.69, 9.17) is 5.73 Å². The van der Waals surface area contributed by atoms with Crippen molar-refractivity contribution in [2.24, 2.45) is 0 Å². The monoisotopic (exact) mass is 286 g/mol. The molecule has 0 aliphatic heterocycles. The van der Waals surface area contributed by atoms with Crippen LogP contribution in [0, 0.1) is 6.92 Å². The molecule has 6 nitrogen and oxygen atoms in total. The zero-order valence-electron chi connectivity index (χ0n) is 11.9. The lowest BCUT2D eigenvalue weighted by Gasteiger charge is -2.29. The number of Topliss-reactive ketones (excluding diaryl/α,β-unsaturated/α-hetero) is 1. The van der Waals surface area contributed by atoms with E-state index < -0.39 is 0 Å². The van der Waals surface area contributed by atoms with E-state index in [0.29, 0.717) is 18.7 Å². The number of ketones is 1. The number of nitrogens with zero attached hydrogens (tertiary/aromatic N) is 2. The maximum Gasteiger partial charge on any atom is 0.215 e. The molecule has 0 unspecified atom stereocenters. The van der Waals surface area contributed by atoms with Crippen molar-refractivity contribution in [3.63, 3.8) is 0 Å². The fourth-order valence-corrected chi connectivity index (χ4v) is 2.83. The fraction of sp³-hybridized carbons (Fsp3) is 0.400. The predicted molar refractivity (Wildman–Crippen MR) is 78.9 cm³/mol. The summed E-state index contributed by atoms with van der Waals surface area (Å²) in [5.74, 6) is 1.11. The van der Waals surface area contributed by atoms with Crippen LogP contribution in [-0.4, -0.2) is 22.1 Å². The molecule has 2 atom stereocenters. The van der Waals surface area contributed by atoms with Crippen molar-refractivity contribution in [2.75, 3.05) is 11.1 Å². The summed E-state index contributed by atoms with van der Waals surface area (Å²) in [6.07, 6.45) is 1.93. The number of nitrogen functional groups attached to an aromatic ring is 1. The zero-order chi connectivity index (χ0) is 14.8. The first kappa shape index (κ1) is 13.6. The van der Waals surface area contributed by atoms with Crippen LogP contribution < -0.4 is 11.1 Å². The summed E-state index contributed by atoms with van der Waals surface area (Å²) in [6, 6.07) is 8.36. The minimum atomic E-state index is 0.00625. The molecule has 0 amide bonds. The van der Waals surface area contributed by atoms with Gasteiger partial charge in [-0.1, -0.05) is 29.8 Å². The van der Waals surface area contributed by atoms with Crippen LogP contribution in [0.3, 0.4) is 0 Å². The van der Waals surface area contributed by atoms with Gasteiger partial charge in [-0.15, -0.1) is 0 Å². The lowest BCUT2D eigenvalue weighted by Crippen LogP contribution is -2.31. The van der Waals surface area contributed by atoms with Crippen molar-refractivity contribution in [2.45, 2.75) is 38.1 Å². The number of carbonyl (C=O) groups is 1. The SMILES string of the molecule is Cc1ccc([C@H]2CC(=O)C[C@@H](Nc3nonc3N)C2)cc1. The van der Waals surface area contributed by atoms with Crippen molar-refractivity contribution < 1.29 is 9.42 Å². The minimum Gasteiger partial charge on any atom is -0.378 e. The number of aryl methyl sites for hydroxylation is 1. The van der Waals surface area contributed by atoms with Gasteiger partial charge in [-0.05, 0) is 35.1 Å². The molecule has 110 valence electrons. The third-order valence-corrected chi connectivity index (χ3v) is 3.92. The Balaban J connectivity index is 1.74. The van der Waals surface area contributed by atoms with Crippen LogP contribution in [0.2, 0.25) is 0 Å². The Labute approximate surface area is 122 Å². The number of nitrogens with two attached hydrogens (primary N) is 1. The highest BCUT2D eigenvalue weighted by Gasteiger charge is 2.29. The van der Waals surface area contributed by atoms with Gasteiger partial charge >= 0.3 is 0 Å². The molecular weight excluding hydrogens is 268 g/mol. The number of carbonyl (C=O) groups excluding carboxylic acids is 1.